The summed E-state index contributed by atoms with van der Waals surface area (Å²) in [6.45, 7) is 0.485. The fourth-order valence-corrected chi connectivity index (χ4v) is 2.72. The van der Waals surface area contributed by atoms with Gasteiger partial charge in [0.1, 0.15) is 0 Å². The third-order valence-corrected chi connectivity index (χ3v) is 4.00. The van der Waals surface area contributed by atoms with Crippen molar-refractivity contribution in [2.24, 2.45) is 11.7 Å². The fourth-order valence-electron chi connectivity index (χ4n) is 2.72. The van der Waals surface area contributed by atoms with Crippen LogP contribution < -0.4 is 16.4 Å². The Bertz CT molecular complexity index is 499. The van der Waals surface area contributed by atoms with Crippen LogP contribution in [0.2, 0.25) is 0 Å². The predicted octanol–water partition coefficient (Wildman–Crippen LogP) is 1.18. The van der Waals surface area contributed by atoms with Gasteiger partial charge in [0.25, 0.3) is 5.91 Å². The van der Waals surface area contributed by atoms with Gasteiger partial charge in [-0.1, -0.05) is 18.6 Å². The average molecular weight is 289 g/mol. The molecule has 5 heteroatoms. The number of carbonyl (C=O) groups excluding carboxylic acids is 2. The first-order chi connectivity index (χ1) is 10.1. The van der Waals surface area contributed by atoms with Gasteiger partial charge in [0, 0.05) is 31.1 Å². The van der Waals surface area contributed by atoms with Gasteiger partial charge < -0.3 is 16.4 Å². The number of amides is 2. The molecule has 0 aliphatic heterocycles. The quantitative estimate of drug-likeness (QED) is 0.778. The second-order valence-electron chi connectivity index (χ2n) is 5.62. The summed E-state index contributed by atoms with van der Waals surface area (Å²) in [7, 11) is 1.60. The molecule has 1 aliphatic rings. The largest absolute Gasteiger partial charge is 0.355 e. The Hall–Kier alpha value is -1.88. The summed E-state index contributed by atoms with van der Waals surface area (Å²) < 4.78 is 0. The second-order valence-corrected chi connectivity index (χ2v) is 5.62. The lowest BCUT2D eigenvalue weighted by Gasteiger charge is -2.25. The molecule has 0 heterocycles. The monoisotopic (exact) mass is 289 g/mol. The van der Waals surface area contributed by atoms with Gasteiger partial charge >= 0.3 is 0 Å². The molecule has 4 N–H and O–H groups in total. The van der Waals surface area contributed by atoms with Crippen molar-refractivity contribution in [3.05, 3.63) is 35.4 Å². The zero-order valence-corrected chi connectivity index (χ0v) is 12.4. The van der Waals surface area contributed by atoms with Crippen molar-refractivity contribution in [3.63, 3.8) is 0 Å². The molecule has 0 spiro atoms. The van der Waals surface area contributed by atoms with Crippen LogP contribution in [0, 0.1) is 5.92 Å². The van der Waals surface area contributed by atoms with E-state index in [0.717, 1.165) is 31.2 Å². The molecule has 1 saturated carbocycles. The lowest BCUT2D eigenvalue weighted by Crippen LogP contribution is -2.37. The fraction of sp³-hybridized carbons (Fsp3) is 0.500. The van der Waals surface area contributed by atoms with Crippen molar-refractivity contribution in [2.45, 2.75) is 38.3 Å². The molecule has 21 heavy (non-hydrogen) atoms. The maximum absolute atomic E-state index is 12.1. The molecule has 1 aromatic carbocycles. The molecule has 2 atom stereocenters. The molecule has 5 nitrogen and oxygen atoms in total. The van der Waals surface area contributed by atoms with Crippen LogP contribution in [-0.4, -0.2) is 24.9 Å². The van der Waals surface area contributed by atoms with Crippen molar-refractivity contribution < 1.29 is 9.59 Å². The third-order valence-electron chi connectivity index (χ3n) is 4.00. The van der Waals surface area contributed by atoms with Crippen LogP contribution in [0.25, 0.3) is 0 Å². The molecule has 1 aromatic rings. The minimum absolute atomic E-state index is 0.0406. The van der Waals surface area contributed by atoms with Gasteiger partial charge in [-0.15, -0.1) is 0 Å². The van der Waals surface area contributed by atoms with Crippen molar-refractivity contribution in [3.8, 4) is 0 Å². The molecular formula is C16H23N3O2. The van der Waals surface area contributed by atoms with E-state index in [0.29, 0.717) is 12.1 Å². The van der Waals surface area contributed by atoms with E-state index in [4.69, 9.17) is 5.73 Å². The Morgan fingerprint density at radius 3 is 2.57 bits per heavy atom. The van der Waals surface area contributed by atoms with Gasteiger partial charge in [-0.3, -0.25) is 9.59 Å². The Balaban J connectivity index is 1.85. The molecule has 1 fully saturated rings. The van der Waals surface area contributed by atoms with Crippen LogP contribution in [0.3, 0.4) is 0 Å². The Morgan fingerprint density at radius 2 is 1.95 bits per heavy atom. The normalized spacial score (nSPS) is 21.6. The first-order valence-corrected chi connectivity index (χ1v) is 7.44. The maximum atomic E-state index is 12.1. The van der Waals surface area contributed by atoms with Crippen molar-refractivity contribution in [1.82, 2.24) is 10.6 Å². The highest BCUT2D eigenvalue weighted by Gasteiger charge is 2.24. The molecule has 1 aliphatic carbocycles. The molecule has 2 amide bonds. The molecule has 0 saturated heterocycles. The van der Waals surface area contributed by atoms with Crippen LogP contribution >= 0.6 is 0 Å². The Kier molecular flexibility index (Phi) is 5.33. The van der Waals surface area contributed by atoms with Crippen LogP contribution in [0.15, 0.2) is 24.3 Å². The van der Waals surface area contributed by atoms with Gasteiger partial charge in [0.2, 0.25) is 5.91 Å². The maximum Gasteiger partial charge on any atom is 0.251 e. The Morgan fingerprint density at radius 1 is 1.24 bits per heavy atom. The minimum Gasteiger partial charge on any atom is -0.355 e. The molecule has 2 unspecified atom stereocenters. The Labute approximate surface area is 125 Å². The van der Waals surface area contributed by atoms with Crippen LogP contribution in [-0.2, 0) is 11.3 Å². The van der Waals surface area contributed by atoms with Crippen LogP contribution in [0.5, 0.6) is 0 Å². The lowest BCUT2D eigenvalue weighted by atomic mass is 9.85. The zero-order chi connectivity index (χ0) is 15.2. The van der Waals surface area contributed by atoms with Crippen LogP contribution in [0.1, 0.15) is 41.6 Å². The third kappa shape index (κ3) is 4.29. The molecule has 0 bridgehead atoms. The molecule has 0 aromatic heterocycles. The molecule has 2 rings (SSSR count). The smallest absolute Gasteiger partial charge is 0.251 e. The lowest BCUT2D eigenvalue weighted by molar-refractivity contribution is -0.126. The van der Waals surface area contributed by atoms with Crippen molar-refractivity contribution in [2.75, 3.05) is 7.05 Å². The summed E-state index contributed by atoms with van der Waals surface area (Å²) >= 11 is 0. The summed E-state index contributed by atoms with van der Waals surface area (Å²) in [4.78, 5) is 23.5. The van der Waals surface area contributed by atoms with Gasteiger partial charge in [0.05, 0.1) is 0 Å². The standard InChI is InChI=1S/C16H23N3O2/c1-18-15(20)12-7-5-11(6-8-12)10-19-16(21)13-3-2-4-14(17)9-13/h5-8,13-14H,2-4,9-10,17H2,1H3,(H,18,20)(H,19,21). The predicted molar refractivity (Wildman–Crippen MR) is 81.6 cm³/mol. The minimum atomic E-state index is -0.109. The number of carbonyl (C=O) groups is 2. The van der Waals surface area contributed by atoms with Crippen molar-refractivity contribution >= 4 is 11.8 Å². The van der Waals surface area contributed by atoms with Crippen molar-refractivity contribution in [1.29, 1.82) is 0 Å². The van der Waals surface area contributed by atoms with E-state index < -0.39 is 0 Å². The highest BCUT2D eigenvalue weighted by Crippen LogP contribution is 2.23. The number of hydrogen-bond acceptors (Lipinski definition) is 3. The second kappa shape index (κ2) is 7.22. The number of rotatable bonds is 4. The first kappa shape index (κ1) is 15.5. The van der Waals surface area contributed by atoms with Crippen LogP contribution in [0.4, 0.5) is 0 Å². The summed E-state index contributed by atoms with van der Waals surface area (Å²) in [5, 5.41) is 5.53. The van der Waals surface area contributed by atoms with E-state index in [1.807, 2.05) is 12.1 Å². The number of nitrogens with one attached hydrogen (secondary N) is 2. The van der Waals surface area contributed by atoms with E-state index >= 15 is 0 Å². The highest BCUT2D eigenvalue weighted by atomic mass is 16.2. The van der Waals surface area contributed by atoms with E-state index in [2.05, 4.69) is 10.6 Å². The van der Waals surface area contributed by atoms with E-state index in [1.54, 1.807) is 19.2 Å². The van der Waals surface area contributed by atoms with Gasteiger partial charge in [0.15, 0.2) is 0 Å². The van der Waals surface area contributed by atoms with Gasteiger partial charge in [-0.2, -0.15) is 0 Å². The average Bonchev–Trinajstić information content (AvgIpc) is 2.52. The van der Waals surface area contributed by atoms with E-state index in [1.165, 1.54) is 0 Å². The van der Waals surface area contributed by atoms with E-state index in [9.17, 15) is 9.59 Å². The topological polar surface area (TPSA) is 84.2 Å². The number of hydrogen-bond donors (Lipinski definition) is 3. The summed E-state index contributed by atoms with van der Waals surface area (Å²) in [6.07, 6.45) is 3.75. The zero-order valence-electron chi connectivity index (χ0n) is 12.4. The van der Waals surface area contributed by atoms with E-state index in [-0.39, 0.29) is 23.8 Å². The summed E-state index contributed by atoms with van der Waals surface area (Å²) in [5.41, 5.74) is 7.51. The SMILES string of the molecule is CNC(=O)c1ccc(CNC(=O)C2CCCC(N)C2)cc1. The summed E-state index contributed by atoms with van der Waals surface area (Å²) in [5.74, 6) is 0.0150. The first-order valence-electron chi connectivity index (χ1n) is 7.44. The van der Waals surface area contributed by atoms with Gasteiger partial charge in [-0.25, -0.2) is 0 Å². The molecular weight excluding hydrogens is 266 g/mol. The highest BCUT2D eigenvalue weighted by molar-refractivity contribution is 5.93. The molecule has 114 valence electrons. The number of benzene rings is 1. The number of nitrogens with two attached hydrogens (primary N) is 1. The molecule has 0 radical (unpaired) electrons. The summed E-state index contributed by atoms with van der Waals surface area (Å²) in [6, 6.07) is 7.39. The van der Waals surface area contributed by atoms with Gasteiger partial charge in [-0.05, 0) is 37.0 Å².